The molecule has 0 aliphatic rings. The lowest BCUT2D eigenvalue weighted by Gasteiger charge is -2.26. The molecule has 1 aromatic heterocycles. The van der Waals surface area contributed by atoms with Gasteiger partial charge in [0.15, 0.2) is 0 Å². The van der Waals surface area contributed by atoms with Gasteiger partial charge in [0.25, 0.3) is 0 Å². The van der Waals surface area contributed by atoms with E-state index in [1.54, 1.807) is 0 Å². The van der Waals surface area contributed by atoms with Crippen LogP contribution in [-0.4, -0.2) is 4.57 Å². The molecule has 0 fully saturated rings. The first-order valence-electron chi connectivity index (χ1n) is 22.8. The molecule has 0 spiro atoms. The van der Waals surface area contributed by atoms with Gasteiger partial charge in [-0.15, -0.1) is 0 Å². The maximum absolute atomic E-state index is 2.41. The molecule has 0 bridgehead atoms. The summed E-state index contributed by atoms with van der Waals surface area (Å²) in [7, 11) is 0. The first kappa shape index (κ1) is 40.6. The van der Waals surface area contributed by atoms with E-state index in [0.717, 1.165) is 22.7 Å². The molecular weight excluding hydrogens is 773 g/mol. The van der Waals surface area contributed by atoms with Crippen LogP contribution in [0.4, 0.5) is 17.1 Å². The third-order valence-corrected chi connectivity index (χ3v) is 12.9. The fourth-order valence-corrected chi connectivity index (χ4v) is 9.58. The summed E-state index contributed by atoms with van der Waals surface area (Å²) in [5.74, 6) is 1.84. The Morgan fingerprint density at radius 3 is 1.09 bits per heavy atom. The van der Waals surface area contributed by atoms with Crippen LogP contribution in [0.15, 0.2) is 224 Å². The first-order valence-corrected chi connectivity index (χ1v) is 22.8. The van der Waals surface area contributed by atoms with Gasteiger partial charge in [-0.25, -0.2) is 0 Å². The predicted molar refractivity (Wildman–Crippen MR) is 274 cm³/mol. The molecule has 9 aromatic carbocycles. The van der Waals surface area contributed by atoms with Crippen molar-refractivity contribution in [3.05, 3.63) is 230 Å². The number of hydrogen-bond acceptors (Lipinski definition) is 1. The summed E-state index contributed by atoms with van der Waals surface area (Å²) in [5, 5.41) is 2.50. The van der Waals surface area contributed by atoms with Gasteiger partial charge in [-0.05, 0) is 147 Å². The Bertz CT molecular complexity index is 3040. The summed E-state index contributed by atoms with van der Waals surface area (Å²) in [4.78, 5) is 2.35. The first-order chi connectivity index (χ1) is 31.4. The van der Waals surface area contributed by atoms with E-state index in [1.165, 1.54) is 78.3 Å². The second-order valence-electron chi connectivity index (χ2n) is 17.9. The number of rotatable bonds is 12. The van der Waals surface area contributed by atoms with E-state index in [2.05, 4.69) is 262 Å². The quantitative estimate of drug-likeness (QED) is 0.119. The Morgan fingerprint density at radius 1 is 0.359 bits per heavy atom. The lowest BCUT2D eigenvalue weighted by atomic mass is 9.82. The minimum atomic E-state index is 0.564. The fraction of sp³-hybridized carbons (Fsp3) is 0.129. The van der Waals surface area contributed by atoms with Crippen molar-refractivity contribution >= 4 is 38.9 Å². The van der Waals surface area contributed by atoms with Gasteiger partial charge in [0.2, 0.25) is 0 Å². The smallest absolute Gasteiger partial charge is 0.0541 e. The molecule has 0 aliphatic heterocycles. The molecule has 2 nitrogen and oxygen atoms in total. The number of fused-ring (bicyclic) bond motifs is 3. The molecule has 10 aromatic rings. The average molecular weight is 827 g/mol. The van der Waals surface area contributed by atoms with Crippen molar-refractivity contribution in [3.8, 4) is 50.2 Å². The third-order valence-electron chi connectivity index (χ3n) is 12.9. The topological polar surface area (TPSA) is 8.17 Å². The Balaban J connectivity index is 1.03. The minimum Gasteiger partial charge on any atom is -0.311 e. The molecule has 64 heavy (non-hydrogen) atoms. The number of para-hydroxylation sites is 1. The summed E-state index contributed by atoms with van der Waals surface area (Å²) < 4.78 is 2.41. The summed E-state index contributed by atoms with van der Waals surface area (Å²) in [6.07, 6.45) is 1.21. The Labute approximate surface area is 378 Å². The lowest BCUT2D eigenvalue weighted by molar-refractivity contribution is 0.408. The van der Waals surface area contributed by atoms with E-state index >= 15 is 0 Å². The van der Waals surface area contributed by atoms with Gasteiger partial charge in [0.1, 0.15) is 0 Å². The molecule has 0 aliphatic carbocycles. The Kier molecular flexibility index (Phi) is 11.3. The van der Waals surface area contributed by atoms with Gasteiger partial charge >= 0.3 is 0 Å². The molecule has 10 rings (SSSR count). The van der Waals surface area contributed by atoms with Crippen molar-refractivity contribution in [2.45, 2.75) is 40.0 Å². The van der Waals surface area contributed by atoms with Gasteiger partial charge in [-0.2, -0.15) is 0 Å². The zero-order valence-corrected chi connectivity index (χ0v) is 37.2. The van der Waals surface area contributed by atoms with E-state index in [1.807, 2.05) is 0 Å². The Hall–Kier alpha value is -7.42. The van der Waals surface area contributed by atoms with Crippen molar-refractivity contribution in [2.24, 2.45) is 11.8 Å². The van der Waals surface area contributed by atoms with Crippen LogP contribution in [0.5, 0.6) is 0 Å². The molecular formula is C62H54N2. The Morgan fingerprint density at radius 2 is 0.703 bits per heavy atom. The van der Waals surface area contributed by atoms with Crippen molar-refractivity contribution in [3.63, 3.8) is 0 Å². The van der Waals surface area contributed by atoms with Crippen molar-refractivity contribution in [2.75, 3.05) is 4.90 Å². The highest BCUT2D eigenvalue weighted by Crippen LogP contribution is 2.41. The van der Waals surface area contributed by atoms with Crippen molar-refractivity contribution in [1.82, 2.24) is 4.57 Å². The van der Waals surface area contributed by atoms with Crippen LogP contribution in [0, 0.1) is 11.8 Å². The van der Waals surface area contributed by atoms with Crippen LogP contribution in [0.2, 0.25) is 0 Å². The van der Waals surface area contributed by atoms with Crippen LogP contribution in [0.1, 0.15) is 45.6 Å². The van der Waals surface area contributed by atoms with Gasteiger partial charge in [-0.3, -0.25) is 0 Å². The highest BCUT2D eigenvalue weighted by molar-refractivity contribution is 6.11. The number of aromatic nitrogens is 1. The van der Waals surface area contributed by atoms with Gasteiger partial charge in [0, 0.05) is 33.5 Å². The summed E-state index contributed by atoms with van der Waals surface area (Å²) >= 11 is 0. The molecule has 1 unspecified atom stereocenters. The maximum atomic E-state index is 2.41. The molecule has 0 amide bonds. The van der Waals surface area contributed by atoms with Gasteiger partial charge in [0.05, 0.1) is 11.0 Å². The van der Waals surface area contributed by atoms with E-state index in [9.17, 15) is 0 Å². The average Bonchev–Trinajstić information content (AvgIpc) is 3.68. The standard InChI is InChI=1S/C62H54N2/c1-43(2)40-58(44(3)4)51-22-20-49(21-23-51)52-30-38-61-59(41-52)60-42-53(31-39-62(60)64(61)54-18-12-7-13-19-54)50-28-36-57(37-29-50)63(55-32-24-47(25-33-55)45-14-8-5-9-15-45)56-34-26-48(27-35-56)46-16-10-6-11-17-46/h5-39,41-44,58H,40H2,1-4H3. The predicted octanol–water partition coefficient (Wildman–Crippen LogP) is 17.7. The summed E-state index contributed by atoms with van der Waals surface area (Å²) in [6, 6.07) is 82.2. The van der Waals surface area contributed by atoms with Crippen LogP contribution in [0.25, 0.3) is 72.0 Å². The molecule has 1 atom stereocenters. The summed E-state index contributed by atoms with van der Waals surface area (Å²) in [6.45, 7) is 9.37. The van der Waals surface area contributed by atoms with Crippen LogP contribution < -0.4 is 4.90 Å². The second kappa shape index (κ2) is 17.8. The van der Waals surface area contributed by atoms with E-state index in [0.29, 0.717) is 17.8 Å². The molecule has 0 saturated heterocycles. The van der Waals surface area contributed by atoms with Crippen molar-refractivity contribution < 1.29 is 0 Å². The molecule has 0 N–H and O–H groups in total. The second-order valence-corrected chi connectivity index (χ2v) is 17.9. The zero-order valence-electron chi connectivity index (χ0n) is 37.2. The SMILES string of the molecule is CC(C)CC(c1ccc(-c2ccc3c(c2)c2cc(-c4ccc(N(c5ccc(-c6ccccc6)cc5)c5ccc(-c6ccccc6)cc5)cc4)ccc2n3-c2ccccc2)cc1)C(C)C. The molecule has 312 valence electrons. The highest BCUT2D eigenvalue weighted by Gasteiger charge is 2.19. The molecule has 1 heterocycles. The van der Waals surface area contributed by atoms with Crippen LogP contribution in [-0.2, 0) is 0 Å². The lowest BCUT2D eigenvalue weighted by Crippen LogP contribution is -2.09. The highest BCUT2D eigenvalue weighted by atomic mass is 15.1. The van der Waals surface area contributed by atoms with E-state index < -0.39 is 0 Å². The van der Waals surface area contributed by atoms with Gasteiger partial charge < -0.3 is 9.47 Å². The monoisotopic (exact) mass is 826 g/mol. The summed E-state index contributed by atoms with van der Waals surface area (Å²) in [5.41, 5.74) is 18.0. The van der Waals surface area contributed by atoms with Crippen molar-refractivity contribution in [1.29, 1.82) is 0 Å². The number of anilines is 3. The van der Waals surface area contributed by atoms with E-state index in [4.69, 9.17) is 0 Å². The van der Waals surface area contributed by atoms with Crippen LogP contribution in [0.3, 0.4) is 0 Å². The minimum absolute atomic E-state index is 0.564. The third kappa shape index (κ3) is 8.16. The maximum Gasteiger partial charge on any atom is 0.0541 e. The molecule has 2 heteroatoms. The van der Waals surface area contributed by atoms with Gasteiger partial charge in [-0.1, -0.05) is 179 Å². The number of hydrogen-bond donors (Lipinski definition) is 0. The zero-order chi connectivity index (χ0) is 43.6. The molecule has 0 saturated carbocycles. The largest absolute Gasteiger partial charge is 0.311 e. The van der Waals surface area contributed by atoms with E-state index in [-0.39, 0.29) is 0 Å². The number of nitrogens with zero attached hydrogens (tertiary/aromatic N) is 2. The van der Waals surface area contributed by atoms with Crippen LogP contribution >= 0.6 is 0 Å². The number of benzene rings is 9. The normalized spacial score (nSPS) is 12.0. The fourth-order valence-electron chi connectivity index (χ4n) is 9.58. The molecule has 0 radical (unpaired) electrons.